The lowest BCUT2D eigenvalue weighted by molar-refractivity contribution is 0.174. The molecular weight excluding hydrogens is 234 g/mol. The van der Waals surface area contributed by atoms with E-state index in [2.05, 4.69) is 24.4 Å². The molecule has 0 spiro atoms. The second-order valence-corrected chi connectivity index (χ2v) is 5.71. The maximum atomic E-state index is 5.41. The van der Waals surface area contributed by atoms with Crippen LogP contribution in [0.15, 0.2) is 18.2 Å². The topological polar surface area (TPSA) is 30.5 Å². The number of hydrogen-bond acceptors (Lipinski definition) is 4. The van der Waals surface area contributed by atoms with E-state index < -0.39 is 0 Å². The van der Waals surface area contributed by atoms with Gasteiger partial charge >= 0.3 is 0 Å². The van der Waals surface area contributed by atoms with Crippen molar-refractivity contribution in [1.82, 2.24) is 5.32 Å². The first-order chi connectivity index (χ1) is 8.33. The summed E-state index contributed by atoms with van der Waals surface area (Å²) in [6, 6.07) is 7.22. The third-order valence-electron chi connectivity index (χ3n) is 3.31. The first-order valence-electron chi connectivity index (χ1n) is 6.06. The Balaban J connectivity index is 1.70. The van der Waals surface area contributed by atoms with Gasteiger partial charge in [-0.1, -0.05) is 6.07 Å². The van der Waals surface area contributed by atoms with Crippen LogP contribution in [-0.2, 0) is 0 Å². The largest absolute Gasteiger partial charge is 0.454 e. The van der Waals surface area contributed by atoms with Crippen LogP contribution < -0.4 is 14.8 Å². The molecule has 2 aliphatic rings. The number of hydrogen-bond donors (Lipinski definition) is 1. The van der Waals surface area contributed by atoms with Gasteiger partial charge in [-0.25, -0.2) is 0 Å². The van der Waals surface area contributed by atoms with E-state index in [-0.39, 0.29) is 0 Å². The Morgan fingerprint density at radius 3 is 3.06 bits per heavy atom. The van der Waals surface area contributed by atoms with Gasteiger partial charge in [0.25, 0.3) is 0 Å². The number of benzene rings is 1. The van der Waals surface area contributed by atoms with Crippen molar-refractivity contribution in [2.24, 2.45) is 0 Å². The molecule has 1 aromatic carbocycles. The highest BCUT2D eigenvalue weighted by molar-refractivity contribution is 7.99. The van der Waals surface area contributed by atoms with Crippen LogP contribution >= 0.6 is 11.8 Å². The first kappa shape index (κ1) is 11.2. The number of ether oxygens (including phenoxy) is 2. The van der Waals surface area contributed by atoms with Gasteiger partial charge in [0.15, 0.2) is 11.5 Å². The van der Waals surface area contributed by atoms with Gasteiger partial charge in [0.05, 0.1) is 0 Å². The monoisotopic (exact) mass is 251 g/mol. The minimum absolute atomic E-state index is 0.347. The molecule has 0 saturated carbocycles. The molecule has 1 N–H and O–H groups in total. The van der Waals surface area contributed by atoms with Crippen molar-refractivity contribution in [3.8, 4) is 11.5 Å². The zero-order chi connectivity index (χ0) is 11.7. The molecule has 0 aromatic heterocycles. The van der Waals surface area contributed by atoms with Gasteiger partial charge in [-0.2, -0.15) is 11.8 Å². The minimum atomic E-state index is 0.347. The van der Waals surface area contributed by atoms with E-state index in [0.717, 1.165) is 11.5 Å². The summed E-state index contributed by atoms with van der Waals surface area (Å²) in [4.78, 5) is 0. The SMILES string of the molecule is CC(NC1CCSC1)c1ccc2c(c1)OCO2. The standard InChI is InChI=1S/C13H17NO2S/c1-9(14-11-4-5-17-7-11)10-2-3-12-13(6-10)16-8-15-12/h2-3,6,9,11,14H,4-5,7-8H2,1H3. The molecule has 0 aliphatic carbocycles. The molecule has 1 aromatic rings. The Labute approximate surface area is 106 Å². The van der Waals surface area contributed by atoms with Crippen LogP contribution in [0.4, 0.5) is 0 Å². The maximum absolute atomic E-state index is 5.41. The van der Waals surface area contributed by atoms with Gasteiger partial charge < -0.3 is 14.8 Å². The van der Waals surface area contributed by atoms with Crippen LogP contribution in [0.5, 0.6) is 11.5 Å². The summed E-state index contributed by atoms with van der Waals surface area (Å²) in [5.74, 6) is 4.25. The van der Waals surface area contributed by atoms with Gasteiger partial charge in [0.2, 0.25) is 6.79 Å². The molecule has 0 amide bonds. The lowest BCUT2D eigenvalue weighted by Gasteiger charge is -2.19. The van der Waals surface area contributed by atoms with Crippen molar-refractivity contribution in [2.75, 3.05) is 18.3 Å². The summed E-state index contributed by atoms with van der Waals surface area (Å²) in [7, 11) is 0. The fraction of sp³-hybridized carbons (Fsp3) is 0.538. The van der Waals surface area contributed by atoms with Gasteiger partial charge in [0.1, 0.15) is 0 Å². The molecule has 92 valence electrons. The van der Waals surface area contributed by atoms with E-state index in [1.807, 2.05) is 17.8 Å². The first-order valence-corrected chi connectivity index (χ1v) is 7.22. The number of fused-ring (bicyclic) bond motifs is 1. The average Bonchev–Trinajstić information content (AvgIpc) is 2.97. The van der Waals surface area contributed by atoms with E-state index >= 15 is 0 Å². The summed E-state index contributed by atoms with van der Waals surface area (Å²) < 4.78 is 10.7. The van der Waals surface area contributed by atoms with Crippen molar-refractivity contribution in [2.45, 2.75) is 25.4 Å². The number of nitrogens with one attached hydrogen (secondary N) is 1. The van der Waals surface area contributed by atoms with Crippen molar-refractivity contribution in [1.29, 1.82) is 0 Å². The Kier molecular flexibility index (Phi) is 3.16. The summed E-state index contributed by atoms with van der Waals surface area (Å²) in [6.45, 7) is 2.56. The molecule has 0 bridgehead atoms. The van der Waals surface area contributed by atoms with Crippen LogP contribution in [0, 0.1) is 0 Å². The highest BCUT2D eigenvalue weighted by atomic mass is 32.2. The van der Waals surface area contributed by atoms with Crippen molar-refractivity contribution >= 4 is 11.8 Å². The predicted octanol–water partition coefficient (Wildman–Crippen LogP) is 2.57. The van der Waals surface area contributed by atoms with Gasteiger partial charge in [-0.15, -0.1) is 0 Å². The molecule has 3 rings (SSSR count). The zero-order valence-corrected chi connectivity index (χ0v) is 10.8. The summed E-state index contributed by atoms with van der Waals surface area (Å²) >= 11 is 2.03. The molecule has 1 saturated heterocycles. The number of thioether (sulfide) groups is 1. The molecular formula is C13H17NO2S. The normalized spacial score (nSPS) is 23.9. The summed E-state index contributed by atoms with van der Waals surface area (Å²) in [5, 5.41) is 3.67. The Morgan fingerprint density at radius 2 is 2.24 bits per heavy atom. The Hall–Kier alpha value is -0.870. The van der Waals surface area contributed by atoms with Gasteiger partial charge in [-0.3, -0.25) is 0 Å². The lowest BCUT2D eigenvalue weighted by atomic mass is 10.1. The second kappa shape index (κ2) is 4.78. The van der Waals surface area contributed by atoms with E-state index in [0.29, 0.717) is 18.9 Å². The van der Waals surface area contributed by atoms with Gasteiger partial charge in [-0.05, 0) is 36.8 Å². The molecule has 2 heterocycles. The van der Waals surface area contributed by atoms with Crippen LogP contribution in [0.2, 0.25) is 0 Å². The smallest absolute Gasteiger partial charge is 0.231 e. The molecule has 3 nitrogen and oxygen atoms in total. The molecule has 4 heteroatoms. The molecule has 2 atom stereocenters. The lowest BCUT2D eigenvalue weighted by Crippen LogP contribution is -2.31. The van der Waals surface area contributed by atoms with Crippen molar-refractivity contribution < 1.29 is 9.47 Å². The van der Waals surface area contributed by atoms with Gasteiger partial charge in [0, 0.05) is 17.8 Å². The summed E-state index contributed by atoms with van der Waals surface area (Å²) in [5.41, 5.74) is 1.27. The third kappa shape index (κ3) is 2.38. The van der Waals surface area contributed by atoms with Crippen LogP contribution in [0.3, 0.4) is 0 Å². The maximum Gasteiger partial charge on any atom is 0.231 e. The molecule has 0 radical (unpaired) electrons. The fourth-order valence-electron chi connectivity index (χ4n) is 2.30. The highest BCUT2D eigenvalue weighted by Crippen LogP contribution is 2.34. The van der Waals surface area contributed by atoms with E-state index in [1.165, 1.54) is 23.5 Å². The van der Waals surface area contributed by atoms with Crippen molar-refractivity contribution in [3.63, 3.8) is 0 Å². The zero-order valence-electron chi connectivity index (χ0n) is 9.94. The summed E-state index contributed by atoms with van der Waals surface area (Å²) in [6.07, 6.45) is 1.28. The highest BCUT2D eigenvalue weighted by Gasteiger charge is 2.20. The molecule has 2 aliphatic heterocycles. The molecule has 17 heavy (non-hydrogen) atoms. The Bertz CT molecular complexity index is 404. The predicted molar refractivity (Wildman–Crippen MR) is 69.8 cm³/mol. The van der Waals surface area contributed by atoms with E-state index in [4.69, 9.17) is 9.47 Å². The number of rotatable bonds is 3. The van der Waals surface area contributed by atoms with Crippen LogP contribution in [-0.4, -0.2) is 24.3 Å². The third-order valence-corrected chi connectivity index (χ3v) is 4.47. The average molecular weight is 251 g/mol. The van der Waals surface area contributed by atoms with E-state index in [1.54, 1.807) is 0 Å². The van der Waals surface area contributed by atoms with Crippen LogP contribution in [0.25, 0.3) is 0 Å². The fourth-order valence-corrected chi connectivity index (χ4v) is 3.46. The van der Waals surface area contributed by atoms with Crippen LogP contribution in [0.1, 0.15) is 24.9 Å². The van der Waals surface area contributed by atoms with Crippen molar-refractivity contribution in [3.05, 3.63) is 23.8 Å². The Morgan fingerprint density at radius 1 is 1.35 bits per heavy atom. The molecule has 2 unspecified atom stereocenters. The minimum Gasteiger partial charge on any atom is -0.454 e. The second-order valence-electron chi connectivity index (χ2n) is 4.56. The van der Waals surface area contributed by atoms with E-state index in [9.17, 15) is 0 Å². The molecule has 1 fully saturated rings. The quantitative estimate of drug-likeness (QED) is 0.894.